The zero-order valence-corrected chi connectivity index (χ0v) is 12.3. The number of aromatic nitrogens is 1. The maximum absolute atomic E-state index is 12.3. The number of benzene rings is 1. The number of carbonyl (C=O) groups excluding carboxylic acids is 1. The second-order valence-corrected chi connectivity index (χ2v) is 5.49. The lowest BCUT2D eigenvalue weighted by molar-refractivity contribution is -0.143. The first-order valence-electron chi connectivity index (χ1n) is 7.34. The number of alkyl halides is 3. The molecule has 3 nitrogen and oxygen atoms in total. The van der Waals surface area contributed by atoms with Gasteiger partial charge in [-0.2, -0.15) is 13.2 Å². The van der Waals surface area contributed by atoms with Gasteiger partial charge in [0.2, 0.25) is 5.91 Å². The lowest BCUT2D eigenvalue weighted by atomic mass is 10.0. The van der Waals surface area contributed by atoms with Gasteiger partial charge in [0, 0.05) is 31.0 Å². The molecule has 1 aliphatic heterocycles. The van der Waals surface area contributed by atoms with Gasteiger partial charge in [-0.25, -0.2) is 0 Å². The lowest BCUT2D eigenvalue weighted by Crippen LogP contribution is -2.29. The van der Waals surface area contributed by atoms with Crippen molar-refractivity contribution in [1.29, 1.82) is 0 Å². The summed E-state index contributed by atoms with van der Waals surface area (Å²) >= 11 is 0. The number of carbonyl (C=O) groups is 1. The van der Waals surface area contributed by atoms with Crippen molar-refractivity contribution in [3.8, 4) is 11.1 Å². The summed E-state index contributed by atoms with van der Waals surface area (Å²) in [6, 6.07) is 9.46. The third-order valence-corrected chi connectivity index (χ3v) is 3.91. The molecular formula is C17H15F3N2O. The predicted molar refractivity (Wildman–Crippen MR) is 81.0 cm³/mol. The van der Waals surface area contributed by atoms with Gasteiger partial charge < -0.3 is 4.90 Å². The van der Waals surface area contributed by atoms with Crippen LogP contribution in [0.2, 0.25) is 0 Å². The highest BCUT2D eigenvalue weighted by Gasteiger charge is 2.31. The third kappa shape index (κ3) is 3.52. The fourth-order valence-corrected chi connectivity index (χ4v) is 2.77. The number of rotatable bonds is 3. The van der Waals surface area contributed by atoms with Gasteiger partial charge in [-0.15, -0.1) is 0 Å². The Morgan fingerprint density at radius 2 is 1.87 bits per heavy atom. The number of fused-ring (bicyclic) bond motifs is 1. The van der Waals surface area contributed by atoms with E-state index in [9.17, 15) is 18.0 Å². The van der Waals surface area contributed by atoms with E-state index in [1.165, 1.54) is 4.90 Å². The molecule has 0 saturated carbocycles. The van der Waals surface area contributed by atoms with E-state index in [0.717, 1.165) is 22.4 Å². The number of hydrogen-bond donors (Lipinski definition) is 0. The number of amides is 1. The molecule has 1 aromatic carbocycles. The summed E-state index contributed by atoms with van der Waals surface area (Å²) in [5.74, 6) is -0.474. The smallest absolute Gasteiger partial charge is 0.312 e. The summed E-state index contributed by atoms with van der Waals surface area (Å²) in [5.41, 5.74) is 3.73. The highest BCUT2D eigenvalue weighted by molar-refractivity contribution is 5.96. The standard InChI is InChI=1S/C17H15F3N2O/c18-17(19,20)7-3-16(23)22-10-6-14-11-13(1-2-15(14)22)12-4-8-21-9-5-12/h1-2,4-5,8-9,11H,3,6-7,10H2. The summed E-state index contributed by atoms with van der Waals surface area (Å²) in [5, 5.41) is 0. The third-order valence-electron chi connectivity index (χ3n) is 3.91. The minimum absolute atomic E-state index is 0.436. The van der Waals surface area contributed by atoms with Crippen molar-refractivity contribution in [2.75, 3.05) is 11.4 Å². The Labute approximate surface area is 131 Å². The van der Waals surface area contributed by atoms with Gasteiger partial charge in [0.25, 0.3) is 0 Å². The molecule has 0 atom stereocenters. The molecule has 0 bridgehead atoms. The fourth-order valence-electron chi connectivity index (χ4n) is 2.77. The van der Waals surface area contributed by atoms with Gasteiger partial charge in [0.1, 0.15) is 0 Å². The topological polar surface area (TPSA) is 33.2 Å². The van der Waals surface area contributed by atoms with E-state index in [-0.39, 0.29) is 0 Å². The molecule has 0 saturated heterocycles. The second-order valence-electron chi connectivity index (χ2n) is 5.49. The van der Waals surface area contributed by atoms with Gasteiger partial charge in [-0.1, -0.05) is 6.07 Å². The highest BCUT2D eigenvalue weighted by Crippen LogP contribution is 2.33. The number of pyridine rings is 1. The van der Waals surface area contributed by atoms with Crippen LogP contribution in [0.3, 0.4) is 0 Å². The van der Waals surface area contributed by atoms with Gasteiger partial charge in [-0.05, 0) is 47.4 Å². The second kappa shape index (κ2) is 6.02. The number of nitrogens with zero attached hydrogens (tertiary/aromatic N) is 2. The maximum Gasteiger partial charge on any atom is 0.389 e. The molecule has 0 fully saturated rings. The predicted octanol–water partition coefficient (Wildman–Crippen LogP) is 3.98. The first kappa shape index (κ1) is 15.5. The van der Waals surface area contributed by atoms with Crippen LogP contribution in [0.15, 0.2) is 42.7 Å². The summed E-state index contributed by atoms with van der Waals surface area (Å²) in [6.45, 7) is 0.436. The summed E-state index contributed by atoms with van der Waals surface area (Å²) in [4.78, 5) is 17.5. The van der Waals surface area contributed by atoms with E-state index in [4.69, 9.17) is 0 Å². The first-order valence-corrected chi connectivity index (χ1v) is 7.34. The zero-order chi connectivity index (χ0) is 16.4. The molecule has 2 aromatic rings. The molecule has 0 spiro atoms. The quantitative estimate of drug-likeness (QED) is 0.857. The Morgan fingerprint density at radius 1 is 1.13 bits per heavy atom. The molecule has 1 aromatic heterocycles. The van der Waals surface area contributed by atoms with Crippen LogP contribution in [0.1, 0.15) is 18.4 Å². The molecule has 0 radical (unpaired) electrons. The molecule has 1 aliphatic rings. The van der Waals surface area contributed by atoms with Crippen LogP contribution in [0.4, 0.5) is 18.9 Å². The van der Waals surface area contributed by atoms with Crippen molar-refractivity contribution < 1.29 is 18.0 Å². The minimum atomic E-state index is -4.30. The molecule has 0 N–H and O–H groups in total. The Bertz CT molecular complexity index is 714. The van der Waals surface area contributed by atoms with E-state index in [1.54, 1.807) is 12.4 Å². The van der Waals surface area contributed by atoms with Gasteiger partial charge in [0.15, 0.2) is 0 Å². The summed E-state index contributed by atoms with van der Waals surface area (Å²) < 4.78 is 36.8. The maximum atomic E-state index is 12.3. The molecule has 120 valence electrons. The molecular weight excluding hydrogens is 305 g/mol. The number of halogens is 3. The Hall–Kier alpha value is -2.37. The van der Waals surface area contributed by atoms with Crippen LogP contribution in [0.25, 0.3) is 11.1 Å². The molecule has 0 aliphatic carbocycles. The van der Waals surface area contributed by atoms with Crippen LogP contribution in [-0.2, 0) is 11.2 Å². The van der Waals surface area contributed by atoms with Crippen LogP contribution < -0.4 is 4.90 Å². The Morgan fingerprint density at radius 3 is 2.57 bits per heavy atom. The average Bonchev–Trinajstić information content (AvgIpc) is 2.96. The van der Waals surface area contributed by atoms with E-state index < -0.39 is 24.9 Å². The SMILES string of the molecule is O=C(CCC(F)(F)F)N1CCc2cc(-c3ccncc3)ccc21. The molecule has 6 heteroatoms. The summed E-state index contributed by atoms with van der Waals surface area (Å²) in [7, 11) is 0. The van der Waals surface area contributed by atoms with Crippen molar-refractivity contribution in [3.63, 3.8) is 0 Å². The van der Waals surface area contributed by atoms with Gasteiger partial charge in [-0.3, -0.25) is 9.78 Å². The Balaban J connectivity index is 1.78. The van der Waals surface area contributed by atoms with Crippen molar-refractivity contribution in [2.45, 2.75) is 25.4 Å². The van der Waals surface area contributed by atoms with Crippen molar-refractivity contribution in [3.05, 3.63) is 48.3 Å². The van der Waals surface area contributed by atoms with Gasteiger partial charge >= 0.3 is 6.18 Å². The monoisotopic (exact) mass is 320 g/mol. The zero-order valence-electron chi connectivity index (χ0n) is 12.3. The van der Waals surface area contributed by atoms with Crippen molar-refractivity contribution in [2.24, 2.45) is 0 Å². The van der Waals surface area contributed by atoms with E-state index in [2.05, 4.69) is 4.98 Å². The van der Waals surface area contributed by atoms with Crippen LogP contribution >= 0.6 is 0 Å². The first-order chi connectivity index (χ1) is 10.9. The molecule has 2 heterocycles. The van der Waals surface area contributed by atoms with E-state index in [0.29, 0.717) is 13.0 Å². The number of anilines is 1. The number of hydrogen-bond acceptors (Lipinski definition) is 2. The molecule has 3 rings (SSSR count). The average molecular weight is 320 g/mol. The van der Waals surface area contributed by atoms with Crippen molar-refractivity contribution in [1.82, 2.24) is 4.98 Å². The Kier molecular flexibility index (Phi) is 4.07. The largest absolute Gasteiger partial charge is 0.389 e. The van der Waals surface area contributed by atoms with E-state index >= 15 is 0 Å². The summed E-state index contributed by atoms with van der Waals surface area (Å²) in [6.07, 6.45) is -1.82. The van der Waals surface area contributed by atoms with Crippen LogP contribution in [0, 0.1) is 0 Å². The van der Waals surface area contributed by atoms with Crippen LogP contribution in [-0.4, -0.2) is 23.6 Å². The van der Waals surface area contributed by atoms with Gasteiger partial charge in [0.05, 0.1) is 6.42 Å². The van der Waals surface area contributed by atoms with Crippen LogP contribution in [0.5, 0.6) is 0 Å². The highest BCUT2D eigenvalue weighted by atomic mass is 19.4. The fraction of sp³-hybridized carbons (Fsp3) is 0.294. The van der Waals surface area contributed by atoms with E-state index in [1.807, 2.05) is 30.3 Å². The molecule has 23 heavy (non-hydrogen) atoms. The molecule has 0 unspecified atom stereocenters. The van der Waals surface area contributed by atoms with Crippen molar-refractivity contribution >= 4 is 11.6 Å². The lowest BCUT2D eigenvalue weighted by Gasteiger charge is -2.18. The minimum Gasteiger partial charge on any atom is -0.312 e. The molecule has 1 amide bonds. The normalized spacial score (nSPS) is 14.0.